The number of fused-ring (bicyclic) bond motifs is 1. The van der Waals surface area contributed by atoms with Gasteiger partial charge in [0.05, 0.1) is 5.39 Å². The summed E-state index contributed by atoms with van der Waals surface area (Å²) in [7, 11) is 2.98. The molecule has 0 bridgehead atoms. The van der Waals surface area contributed by atoms with E-state index in [9.17, 15) is 14.4 Å². The second-order valence-corrected chi connectivity index (χ2v) is 8.04. The number of carbonyl (C=O) groups is 1. The van der Waals surface area contributed by atoms with E-state index in [1.54, 1.807) is 24.1 Å². The lowest BCUT2D eigenvalue weighted by molar-refractivity contribution is 0.0753. The number of rotatable bonds is 7. The van der Waals surface area contributed by atoms with Crippen molar-refractivity contribution in [2.75, 3.05) is 13.1 Å². The predicted molar refractivity (Wildman–Crippen MR) is 128 cm³/mol. The molecule has 0 atom stereocenters. The molecule has 0 aliphatic carbocycles. The molecule has 7 nitrogen and oxygen atoms in total. The van der Waals surface area contributed by atoms with Gasteiger partial charge >= 0.3 is 5.69 Å². The predicted octanol–water partition coefficient (Wildman–Crippen LogP) is 2.56. The molecule has 0 aliphatic rings. The summed E-state index contributed by atoms with van der Waals surface area (Å²) in [6, 6.07) is 23.2. The summed E-state index contributed by atoms with van der Waals surface area (Å²) in [5.74, 6) is -0.225. The van der Waals surface area contributed by atoms with Crippen molar-refractivity contribution >= 4 is 16.9 Å². The molecule has 168 valence electrons. The van der Waals surface area contributed by atoms with Crippen LogP contribution in [0, 0.1) is 0 Å². The molecule has 0 fully saturated rings. The first-order chi connectivity index (χ1) is 16.0. The maximum Gasteiger partial charge on any atom is 0.332 e. The SMILES string of the molecule is Cn1c(=O)c2ccc(C(=O)N(CCc3ccccc3)CCc3ccccc3)nc2n(C)c1=O. The Morgan fingerprint density at radius 3 is 1.88 bits per heavy atom. The van der Waals surface area contributed by atoms with E-state index in [-0.39, 0.29) is 17.2 Å². The van der Waals surface area contributed by atoms with Gasteiger partial charge in [-0.3, -0.25) is 18.7 Å². The van der Waals surface area contributed by atoms with Gasteiger partial charge < -0.3 is 4.90 Å². The van der Waals surface area contributed by atoms with Crippen LogP contribution < -0.4 is 11.2 Å². The largest absolute Gasteiger partial charge is 0.337 e. The fourth-order valence-corrected chi connectivity index (χ4v) is 3.87. The van der Waals surface area contributed by atoms with Gasteiger partial charge in [-0.25, -0.2) is 9.78 Å². The molecule has 1 amide bonds. The molecule has 4 aromatic rings. The zero-order valence-electron chi connectivity index (χ0n) is 18.8. The van der Waals surface area contributed by atoms with E-state index in [1.165, 1.54) is 11.6 Å². The molecule has 2 aromatic carbocycles. The summed E-state index contributed by atoms with van der Waals surface area (Å²) in [6.07, 6.45) is 1.43. The summed E-state index contributed by atoms with van der Waals surface area (Å²) in [5, 5.41) is 0.302. The minimum absolute atomic E-state index is 0.208. The van der Waals surface area contributed by atoms with Gasteiger partial charge in [0.2, 0.25) is 0 Å². The molecule has 4 rings (SSSR count). The lowest BCUT2D eigenvalue weighted by Gasteiger charge is -2.23. The maximum absolute atomic E-state index is 13.5. The Balaban J connectivity index is 1.64. The molecule has 0 unspecified atom stereocenters. The monoisotopic (exact) mass is 442 g/mol. The van der Waals surface area contributed by atoms with Crippen molar-refractivity contribution in [3.8, 4) is 0 Å². The number of pyridine rings is 1. The Labute approximate surface area is 191 Å². The van der Waals surface area contributed by atoms with E-state index < -0.39 is 11.2 Å². The standard InChI is InChI=1S/C26H26N4O3/c1-28-23-21(24(31)29(2)26(28)33)13-14-22(27-23)25(32)30(17-15-19-9-5-3-6-10-19)18-16-20-11-7-4-8-12-20/h3-14H,15-18H2,1-2H3. The van der Waals surface area contributed by atoms with Crippen molar-refractivity contribution in [3.63, 3.8) is 0 Å². The highest BCUT2D eigenvalue weighted by atomic mass is 16.2. The maximum atomic E-state index is 13.5. The van der Waals surface area contributed by atoms with E-state index >= 15 is 0 Å². The molecule has 2 aromatic heterocycles. The Hall–Kier alpha value is -4.00. The molecular weight excluding hydrogens is 416 g/mol. The average molecular weight is 443 g/mol. The Morgan fingerprint density at radius 2 is 1.33 bits per heavy atom. The number of benzene rings is 2. The molecule has 0 N–H and O–H groups in total. The minimum atomic E-state index is -0.477. The lowest BCUT2D eigenvalue weighted by atomic mass is 10.1. The van der Waals surface area contributed by atoms with Crippen LogP contribution in [0.15, 0.2) is 82.4 Å². The fraction of sp³-hybridized carbons (Fsp3) is 0.231. The normalized spacial score (nSPS) is 11.0. The van der Waals surface area contributed by atoms with E-state index in [4.69, 9.17) is 0 Å². The highest BCUT2D eigenvalue weighted by Crippen LogP contribution is 2.12. The van der Waals surface area contributed by atoms with Crippen molar-refractivity contribution in [1.29, 1.82) is 0 Å². The van der Waals surface area contributed by atoms with Crippen LogP contribution in [0.25, 0.3) is 11.0 Å². The Morgan fingerprint density at radius 1 is 0.788 bits per heavy atom. The summed E-state index contributed by atoms with van der Waals surface area (Å²) in [6.45, 7) is 1.07. The van der Waals surface area contributed by atoms with Gasteiger partial charge in [-0.1, -0.05) is 60.7 Å². The van der Waals surface area contributed by atoms with Crippen molar-refractivity contribution < 1.29 is 4.79 Å². The molecule has 7 heteroatoms. The number of hydrogen-bond acceptors (Lipinski definition) is 4. The molecule has 0 aliphatic heterocycles. The third-order valence-electron chi connectivity index (χ3n) is 5.83. The van der Waals surface area contributed by atoms with Gasteiger partial charge in [-0.2, -0.15) is 0 Å². The van der Waals surface area contributed by atoms with E-state index in [0.29, 0.717) is 31.3 Å². The highest BCUT2D eigenvalue weighted by Gasteiger charge is 2.19. The number of aryl methyl sites for hydroxylation is 1. The molecule has 33 heavy (non-hydrogen) atoms. The first-order valence-electron chi connectivity index (χ1n) is 10.9. The molecule has 0 radical (unpaired) electrons. The van der Waals surface area contributed by atoms with Crippen LogP contribution in [0.4, 0.5) is 0 Å². The summed E-state index contributed by atoms with van der Waals surface area (Å²) < 4.78 is 2.34. The van der Waals surface area contributed by atoms with Crippen LogP contribution >= 0.6 is 0 Å². The molecule has 0 saturated heterocycles. The smallest absolute Gasteiger partial charge is 0.332 e. The van der Waals surface area contributed by atoms with Crippen LogP contribution in [0.2, 0.25) is 0 Å². The average Bonchev–Trinajstić information content (AvgIpc) is 2.86. The van der Waals surface area contributed by atoms with Crippen molar-refractivity contribution in [2.45, 2.75) is 12.8 Å². The van der Waals surface area contributed by atoms with Gasteiger partial charge in [0.1, 0.15) is 11.3 Å². The second-order valence-electron chi connectivity index (χ2n) is 8.04. The third kappa shape index (κ3) is 4.77. The Kier molecular flexibility index (Phi) is 6.49. The summed E-state index contributed by atoms with van der Waals surface area (Å²) in [4.78, 5) is 44.5. The fourth-order valence-electron chi connectivity index (χ4n) is 3.87. The quantitative estimate of drug-likeness (QED) is 0.441. The van der Waals surface area contributed by atoms with Gasteiger partial charge in [-0.15, -0.1) is 0 Å². The van der Waals surface area contributed by atoms with Gasteiger partial charge in [0.15, 0.2) is 0 Å². The molecular formula is C26H26N4O3. The van der Waals surface area contributed by atoms with Crippen molar-refractivity contribution in [3.05, 3.63) is 110 Å². The van der Waals surface area contributed by atoms with Crippen molar-refractivity contribution in [1.82, 2.24) is 19.0 Å². The van der Waals surface area contributed by atoms with Crippen LogP contribution in [0.3, 0.4) is 0 Å². The topological polar surface area (TPSA) is 77.2 Å². The van der Waals surface area contributed by atoms with E-state index in [1.807, 2.05) is 60.7 Å². The number of nitrogens with zero attached hydrogens (tertiary/aromatic N) is 4. The van der Waals surface area contributed by atoms with Crippen molar-refractivity contribution in [2.24, 2.45) is 14.1 Å². The Bertz CT molecular complexity index is 1350. The van der Waals surface area contributed by atoms with Crippen LogP contribution in [0.1, 0.15) is 21.6 Å². The first-order valence-corrected chi connectivity index (χ1v) is 10.9. The zero-order chi connectivity index (χ0) is 23.4. The van der Waals surface area contributed by atoms with Crippen LogP contribution in [-0.2, 0) is 26.9 Å². The van der Waals surface area contributed by atoms with Gasteiger partial charge in [0.25, 0.3) is 11.5 Å². The number of carbonyl (C=O) groups excluding carboxylic acids is 1. The summed E-state index contributed by atoms with van der Waals surface area (Å²) in [5.41, 5.74) is 1.81. The molecule has 0 saturated carbocycles. The van der Waals surface area contributed by atoms with Crippen LogP contribution in [0.5, 0.6) is 0 Å². The van der Waals surface area contributed by atoms with Gasteiger partial charge in [-0.05, 0) is 36.1 Å². The van der Waals surface area contributed by atoms with E-state index in [0.717, 1.165) is 15.7 Å². The van der Waals surface area contributed by atoms with E-state index in [2.05, 4.69) is 4.98 Å². The van der Waals surface area contributed by atoms with Crippen LogP contribution in [-0.4, -0.2) is 38.0 Å². The molecule has 2 heterocycles. The molecule has 0 spiro atoms. The first kappa shape index (κ1) is 22.2. The number of hydrogen-bond donors (Lipinski definition) is 0. The van der Waals surface area contributed by atoms with Gasteiger partial charge in [0, 0.05) is 27.2 Å². The minimum Gasteiger partial charge on any atom is -0.337 e. The highest BCUT2D eigenvalue weighted by molar-refractivity contribution is 5.94. The zero-order valence-corrected chi connectivity index (χ0v) is 18.8. The second kappa shape index (κ2) is 9.65. The third-order valence-corrected chi connectivity index (χ3v) is 5.83. The number of aromatic nitrogens is 3. The number of amides is 1. The lowest BCUT2D eigenvalue weighted by Crippen LogP contribution is -2.38. The summed E-state index contributed by atoms with van der Waals surface area (Å²) >= 11 is 0.